The van der Waals surface area contributed by atoms with E-state index in [2.05, 4.69) is 13.5 Å². The minimum atomic E-state index is -4.68. The molecular weight excluding hydrogens is 213 g/mol. The molecule has 2 radical (unpaired) electrons. The molecule has 0 bridgehead atoms. The van der Waals surface area contributed by atoms with E-state index in [1.165, 1.54) is 0 Å². The minimum absolute atomic E-state index is 0.0184. The van der Waals surface area contributed by atoms with E-state index in [4.69, 9.17) is 6.92 Å². The summed E-state index contributed by atoms with van der Waals surface area (Å²) in [6.07, 6.45) is -4.68. The van der Waals surface area contributed by atoms with Crippen molar-refractivity contribution in [3.8, 4) is 0 Å². The molecule has 0 spiro atoms. The SMILES string of the molecule is [CH]c1nsc(SOC(F)(F)F)n1. The summed E-state index contributed by atoms with van der Waals surface area (Å²) < 4.78 is 41.2. The zero-order chi connectivity index (χ0) is 9.19. The van der Waals surface area contributed by atoms with Crippen LogP contribution in [0.2, 0.25) is 0 Å². The third kappa shape index (κ3) is 3.37. The quantitative estimate of drug-likeness (QED) is 0.706. The Morgan fingerprint density at radius 2 is 2.17 bits per heavy atom. The summed E-state index contributed by atoms with van der Waals surface area (Å²) in [6.45, 7) is 5.06. The molecule has 1 aromatic rings. The predicted octanol–water partition coefficient (Wildman–Crippen LogP) is 2.14. The molecule has 0 N–H and O–H groups in total. The number of hydrogen-bond acceptors (Lipinski definition) is 5. The molecule has 1 rings (SSSR count). The fraction of sp³-hybridized carbons (Fsp3) is 0.250. The van der Waals surface area contributed by atoms with Gasteiger partial charge in [-0.3, -0.25) is 0 Å². The van der Waals surface area contributed by atoms with Crippen LogP contribution in [0.15, 0.2) is 4.34 Å². The molecule has 3 nitrogen and oxygen atoms in total. The number of nitrogens with zero attached hydrogens (tertiary/aromatic N) is 2. The highest BCUT2D eigenvalue weighted by molar-refractivity contribution is 7.96. The summed E-state index contributed by atoms with van der Waals surface area (Å²) in [5, 5.41) is 0. The predicted molar refractivity (Wildman–Crippen MR) is 36.3 cm³/mol. The van der Waals surface area contributed by atoms with Gasteiger partial charge >= 0.3 is 6.36 Å². The van der Waals surface area contributed by atoms with E-state index in [1.54, 1.807) is 0 Å². The molecule has 0 aliphatic heterocycles. The Bertz CT molecular complexity index is 261. The standard InChI is InChI=1S/C4HF3N2OS2/c1-2-8-3(11-9-2)12-10-4(5,6)7/h1H. The second-order valence-corrected chi connectivity index (χ2v) is 3.26. The monoisotopic (exact) mass is 214 g/mol. The van der Waals surface area contributed by atoms with Gasteiger partial charge in [-0.15, -0.1) is 13.2 Å². The molecule has 0 aromatic carbocycles. The first-order valence-electron chi connectivity index (χ1n) is 2.49. The number of halogens is 3. The van der Waals surface area contributed by atoms with Crippen LogP contribution >= 0.6 is 23.6 Å². The number of hydrogen-bond donors (Lipinski definition) is 0. The largest absolute Gasteiger partial charge is 0.534 e. The Labute approximate surface area is 74.3 Å². The molecule has 0 amide bonds. The van der Waals surface area contributed by atoms with Gasteiger partial charge in [-0.2, -0.15) is 4.37 Å². The third-order valence-corrected chi connectivity index (χ3v) is 2.09. The van der Waals surface area contributed by atoms with E-state index in [0.29, 0.717) is 0 Å². The average Bonchev–Trinajstić information content (AvgIpc) is 2.30. The van der Waals surface area contributed by atoms with Crippen LogP contribution in [0.1, 0.15) is 5.82 Å². The van der Waals surface area contributed by atoms with Gasteiger partial charge < -0.3 is 0 Å². The van der Waals surface area contributed by atoms with Crippen LogP contribution in [0.4, 0.5) is 13.2 Å². The molecule has 0 fully saturated rings. The van der Waals surface area contributed by atoms with Crippen molar-refractivity contribution >= 4 is 23.6 Å². The fourth-order valence-electron chi connectivity index (χ4n) is 0.337. The highest BCUT2D eigenvalue weighted by Gasteiger charge is 2.31. The first kappa shape index (κ1) is 9.75. The van der Waals surface area contributed by atoms with Crippen molar-refractivity contribution in [2.75, 3.05) is 0 Å². The van der Waals surface area contributed by atoms with Crippen LogP contribution in [0.5, 0.6) is 0 Å². The maximum atomic E-state index is 11.4. The van der Waals surface area contributed by atoms with Crippen LogP contribution in [-0.4, -0.2) is 15.7 Å². The summed E-state index contributed by atoms with van der Waals surface area (Å²) in [6, 6.07) is 0. The molecule has 0 aliphatic rings. The van der Waals surface area contributed by atoms with E-state index in [1.807, 2.05) is 0 Å². The van der Waals surface area contributed by atoms with Crippen LogP contribution < -0.4 is 0 Å². The molecule has 0 unspecified atom stereocenters. The van der Waals surface area contributed by atoms with Gasteiger partial charge in [0.1, 0.15) is 5.82 Å². The van der Waals surface area contributed by atoms with E-state index in [9.17, 15) is 13.2 Å². The maximum Gasteiger partial charge on any atom is 0.534 e. The first-order chi connectivity index (χ1) is 5.47. The minimum Gasteiger partial charge on any atom is -0.212 e. The van der Waals surface area contributed by atoms with Gasteiger partial charge in [0, 0.05) is 6.92 Å². The number of alkyl halides is 3. The summed E-state index contributed by atoms with van der Waals surface area (Å²) >= 11 is 0.830. The Kier molecular flexibility index (Phi) is 2.91. The van der Waals surface area contributed by atoms with E-state index < -0.39 is 6.36 Å². The van der Waals surface area contributed by atoms with Crippen molar-refractivity contribution in [3.63, 3.8) is 0 Å². The van der Waals surface area contributed by atoms with Gasteiger partial charge in [-0.25, -0.2) is 9.17 Å². The Morgan fingerprint density at radius 1 is 1.50 bits per heavy atom. The summed E-state index contributed by atoms with van der Waals surface area (Å²) in [7, 11) is 0. The fourth-order valence-corrected chi connectivity index (χ4v) is 1.32. The van der Waals surface area contributed by atoms with Crippen molar-refractivity contribution in [3.05, 3.63) is 12.7 Å². The summed E-state index contributed by atoms with van der Waals surface area (Å²) in [4.78, 5) is 3.44. The zero-order valence-electron chi connectivity index (χ0n) is 5.33. The van der Waals surface area contributed by atoms with Crippen molar-refractivity contribution in [2.24, 2.45) is 0 Å². The topological polar surface area (TPSA) is 35.0 Å². The highest BCUT2D eigenvalue weighted by atomic mass is 32.2. The number of rotatable bonds is 2. The molecule has 1 heterocycles. The molecular formula is C4HF3N2OS2. The Hall–Kier alpha value is -0.340. The zero-order valence-corrected chi connectivity index (χ0v) is 6.96. The molecule has 12 heavy (non-hydrogen) atoms. The second kappa shape index (κ2) is 3.58. The molecule has 0 saturated carbocycles. The molecule has 0 aliphatic carbocycles. The van der Waals surface area contributed by atoms with E-state index in [0.717, 1.165) is 11.5 Å². The molecule has 8 heteroatoms. The molecule has 1 aromatic heterocycles. The van der Waals surface area contributed by atoms with Gasteiger partial charge in [0.2, 0.25) is 0 Å². The molecule has 0 saturated heterocycles. The lowest BCUT2D eigenvalue weighted by molar-refractivity contribution is -0.266. The normalized spacial score (nSPS) is 12.0. The van der Waals surface area contributed by atoms with Gasteiger partial charge in [-0.1, -0.05) is 0 Å². The van der Waals surface area contributed by atoms with E-state index >= 15 is 0 Å². The van der Waals surface area contributed by atoms with Gasteiger partial charge in [-0.05, 0) is 11.5 Å². The van der Waals surface area contributed by atoms with Crippen LogP contribution in [0.3, 0.4) is 0 Å². The number of aromatic nitrogens is 2. The van der Waals surface area contributed by atoms with Crippen LogP contribution in [0.25, 0.3) is 0 Å². The first-order valence-corrected chi connectivity index (χ1v) is 4.00. The van der Waals surface area contributed by atoms with Gasteiger partial charge in [0.05, 0.1) is 12.0 Å². The lowest BCUT2D eigenvalue weighted by atomic mass is 10.8. The molecule has 0 atom stereocenters. The van der Waals surface area contributed by atoms with Crippen molar-refractivity contribution in [1.29, 1.82) is 0 Å². The lowest BCUT2D eigenvalue weighted by Crippen LogP contribution is -2.07. The summed E-state index contributed by atoms with van der Waals surface area (Å²) in [5.74, 6) is -0.0618. The lowest BCUT2D eigenvalue weighted by Gasteiger charge is -2.01. The van der Waals surface area contributed by atoms with Gasteiger partial charge in [0.25, 0.3) is 0 Å². The van der Waals surface area contributed by atoms with E-state index in [-0.39, 0.29) is 22.2 Å². The average molecular weight is 214 g/mol. The Morgan fingerprint density at radius 3 is 2.58 bits per heavy atom. The van der Waals surface area contributed by atoms with Crippen LogP contribution in [0, 0.1) is 6.92 Å². The second-order valence-electron chi connectivity index (χ2n) is 1.53. The van der Waals surface area contributed by atoms with Crippen LogP contribution in [-0.2, 0) is 4.18 Å². The van der Waals surface area contributed by atoms with Gasteiger partial charge in [0.15, 0.2) is 4.34 Å². The Balaban J connectivity index is 2.44. The third-order valence-electron chi connectivity index (χ3n) is 0.631. The molecule has 66 valence electrons. The highest BCUT2D eigenvalue weighted by Crippen LogP contribution is 2.29. The van der Waals surface area contributed by atoms with Crippen molar-refractivity contribution in [2.45, 2.75) is 10.7 Å². The van der Waals surface area contributed by atoms with Crippen molar-refractivity contribution < 1.29 is 17.4 Å². The smallest absolute Gasteiger partial charge is 0.212 e. The maximum absolute atomic E-state index is 11.4. The van der Waals surface area contributed by atoms with Crippen molar-refractivity contribution in [1.82, 2.24) is 9.36 Å². The summed E-state index contributed by atoms with van der Waals surface area (Å²) in [5.41, 5.74) is 0.